The topological polar surface area (TPSA) is 64.3 Å². The number of fused-ring (bicyclic) bond motifs is 1. The van der Waals surface area contributed by atoms with Gasteiger partial charge >= 0.3 is 0 Å². The second-order valence-electron chi connectivity index (χ2n) is 6.41. The number of aliphatic hydroxyl groups excluding tert-OH is 1. The maximum atomic E-state index is 12.6. The van der Waals surface area contributed by atoms with Gasteiger partial charge in [0.25, 0.3) is 5.56 Å². The summed E-state index contributed by atoms with van der Waals surface area (Å²) in [7, 11) is 0. The largest absolute Gasteiger partial charge is 0.491 e. The van der Waals surface area contributed by atoms with E-state index < -0.39 is 6.10 Å². The summed E-state index contributed by atoms with van der Waals surface area (Å²) >= 11 is 0. The van der Waals surface area contributed by atoms with Gasteiger partial charge in [0.1, 0.15) is 18.5 Å². The molecule has 1 atom stereocenters. The Kier molecular flexibility index (Phi) is 4.86. The number of benzene rings is 2. The van der Waals surface area contributed by atoms with Crippen LogP contribution in [0.4, 0.5) is 0 Å². The van der Waals surface area contributed by atoms with Crippen LogP contribution < -0.4 is 10.3 Å². The number of para-hydroxylation sites is 1. The molecule has 0 fully saturated rings. The minimum absolute atomic E-state index is 0.114. The van der Waals surface area contributed by atoms with E-state index in [2.05, 4.69) is 4.98 Å². The van der Waals surface area contributed by atoms with Gasteiger partial charge in [-0.15, -0.1) is 0 Å². The summed E-state index contributed by atoms with van der Waals surface area (Å²) in [4.78, 5) is 16.9. The van der Waals surface area contributed by atoms with Crippen LogP contribution in [-0.2, 0) is 6.54 Å². The molecule has 0 bridgehead atoms. The molecule has 5 heteroatoms. The van der Waals surface area contributed by atoms with Crippen LogP contribution in [0.3, 0.4) is 0 Å². The first-order valence-corrected chi connectivity index (χ1v) is 8.28. The minimum atomic E-state index is -0.804. The summed E-state index contributed by atoms with van der Waals surface area (Å²) in [5.74, 6) is 0.749. The lowest BCUT2D eigenvalue weighted by molar-refractivity contribution is 0.0911. The van der Waals surface area contributed by atoms with Crippen molar-refractivity contribution in [3.63, 3.8) is 0 Å². The molecule has 2 aromatic carbocycles. The molecule has 0 radical (unpaired) electrons. The number of hydrogen-bond donors (Lipinski definition) is 1. The lowest BCUT2D eigenvalue weighted by Gasteiger charge is -2.15. The summed E-state index contributed by atoms with van der Waals surface area (Å²) in [5, 5.41) is 10.8. The Morgan fingerprint density at radius 2 is 1.96 bits per heavy atom. The molecule has 3 aromatic rings. The zero-order chi connectivity index (χ0) is 18.0. The van der Waals surface area contributed by atoms with Crippen LogP contribution in [0, 0.1) is 20.8 Å². The van der Waals surface area contributed by atoms with Crippen LogP contribution in [0.15, 0.2) is 47.5 Å². The van der Waals surface area contributed by atoms with E-state index >= 15 is 0 Å². The van der Waals surface area contributed by atoms with Gasteiger partial charge in [0, 0.05) is 0 Å². The van der Waals surface area contributed by atoms with E-state index in [1.165, 1.54) is 10.9 Å². The summed E-state index contributed by atoms with van der Waals surface area (Å²) in [6.07, 6.45) is 0.681. The monoisotopic (exact) mass is 338 g/mol. The Morgan fingerprint density at radius 3 is 2.76 bits per heavy atom. The van der Waals surface area contributed by atoms with Gasteiger partial charge in [-0.1, -0.05) is 24.3 Å². The second-order valence-corrected chi connectivity index (χ2v) is 6.41. The van der Waals surface area contributed by atoms with Crippen molar-refractivity contribution in [2.45, 2.75) is 33.4 Å². The predicted molar refractivity (Wildman–Crippen MR) is 98.2 cm³/mol. The molecule has 0 spiro atoms. The lowest BCUT2D eigenvalue weighted by Crippen LogP contribution is -2.30. The van der Waals surface area contributed by atoms with E-state index in [0.29, 0.717) is 10.9 Å². The summed E-state index contributed by atoms with van der Waals surface area (Å²) in [6, 6.07) is 11.5. The van der Waals surface area contributed by atoms with Gasteiger partial charge in [0.05, 0.1) is 23.8 Å². The van der Waals surface area contributed by atoms with Gasteiger partial charge in [-0.05, 0) is 49.6 Å². The van der Waals surface area contributed by atoms with Crippen molar-refractivity contribution in [2.24, 2.45) is 0 Å². The smallest absolute Gasteiger partial charge is 0.261 e. The van der Waals surface area contributed by atoms with E-state index in [9.17, 15) is 9.90 Å². The highest BCUT2D eigenvalue weighted by Crippen LogP contribution is 2.19. The van der Waals surface area contributed by atoms with E-state index in [0.717, 1.165) is 22.4 Å². The maximum Gasteiger partial charge on any atom is 0.261 e. The fourth-order valence-corrected chi connectivity index (χ4v) is 2.80. The number of aryl methyl sites for hydroxylation is 3. The van der Waals surface area contributed by atoms with Crippen LogP contribution in [0.1, 0.15) is 16.7 Å². The van der Waals surface area contributed by atoms with Crippen LogP contribution in [0.25, 0.3) is 10.9 Å². The summed E-state index contributed by atoms with van der Waals surface area (Å²) in [5.41, 5.74) is 3.61. The molecule has 0 aliphatic rings. The normalized spacial score (nSPS) is 12.3. The van der Waals surface area contributed by atoms with Gasteiger partial charge < -0.3 is 9.84 Å². The molecular weight excluding hydrogens is 316 g/mol. The first-order valence-electron chi connectivity index (χ1n) is 8.28. The van der Waals surface area contributed by atoms with E-state index in [1.54, 1.807) is 6.07 Å². The highest BCUT2D eigenvalue weighted by molar-refractivity contribution is 5.80. The zero-order valence-electron chi connectivity index (χ0n) is 14.7. The average Bonchev–Trinajstić information content (AvgIpc) is 2.59. The number of aromatic nitrogens is 2. The van der Waals surface area contributed by atoms with Crippen molar-refractivity contribution in [1.82, 2.24) is 9.55 Å². The van der Waals surface area contributed by atoms with Crippen molar-refractivity contribution < 1.29 is 9.84 Å². The molecule has 0 aliphatic carbocycles. The first kappa shape index (κ1) is 17.2. The highest BCUT2D eigenvalue weighted by atomic mass is 16.5. The van der Waals surface area contributed by atoms with Crippen LogP contribution >= 0.6 is 0 Å². The zero-order valence-corrected chi connectivity index (χ0v) is 14.7. The van der Waals surface area contributed by atoms with Crippen LogP contribution in [0.2, 0.25) is 0 Å². The third-order valence-electron chi connectivity index (χ3n) is 4.24. The molecule has 130 valence electrons. The number of rotatable bonds is 5. The third-order valence-corrected chi connectivity index (χ3v) is 4.24. The Bertz CT molecular complexity index is 963. The minimum Gasteiger partial charge on any atom is -0.491 e. The molecule has 1 unspecified atom stereocenters. The summed E-state index contributed by atoms with van der Waals surface area (Å²) < 4.78 is 7.14. The third kappa shape index (κ3) is 3.72. The fourth-order valence-electron chi connectivity index (χ4n) is 2.80. The highest BCUT2D eigenvalue weighted by Gasteiger charge is 2.11. The molecule has 25 heavy (non-hydrogen) atoms. The van der Waals surface area contributed by atoms with Gasteiger partial charge in [-0.3, -0.25) is 9.36 Å². The number of ether oxygens (including phenoxy) is 1. The molecule has 0 saturated heterocycles. The van der Waals surface area contributed by atoms with Gasteiger partial charge in [-0.2, -0.15) is 0 Å². The average molecular weight is 338 g/mol. The van der Waals surface area contributed by atoms with E-state index in [-0.39, 0.29) is 18.7 Å². The molecule has 3 rings (SSSR count). The van der Waals surface area contributed by atoms with Crippen LogP contribution in [0.5, 0.6) is 5.75 Å². The van der Waals surface area contributed by atoms with Crippen molar-refractivity contribution in [3.05, 3.63) is 69.8 Å². The standard InChI is InChI=1S/C20H22N2O3/c1-13-7-8-14(2)18(9-13)25-11-16(23)10-22-12-21-19-15(3)5-4-6-17(19)20(22)24/h4-9,12,16,23H,10-11H2,1-3H3. The van der Waals surface area contributed by atoms with Crippen molar-refractivity contribution in [1.29, 1.82) is 0 Å². The van der Waals surface area contributed by atoms with Crippen molar-refractivity contribution >= 4 is 10.9 Å². The number of nitrogens with zero attached hydrogens (tertiary/aromatic N) is 2. The first-order chi connectivity index (χ1) is 12.0. The second kappa shape index (κ2) is 7.07. The Hall–Kier alpha value is -2.66. The SMILES string of the molecule is Cc1ccc(C)c(OCC(O)Cn2cnc3c(C)cccc3c2=O)c1. The predicted octanol–water partition coefficient (Wildman–Crippen LogP) is 2.76. The Labute approximate surface area is 146 Å². The molecular formula is C20H22N2O3. The molecule has 0 aliphatic heterocycles. The molecule has 0 amide bonds. The summed E-state index contributed by atoms with van der Waals surface area (Å²) in [6.45, 7) is 6.13. The number of aliphatic hydroxyl groups is 1. The molecule has 0 saturated carbocycles. The molecule has 5 nitrogen and oxygen atoms in total. The Balaban J connectivity index is 1.74. The van der Waals surface area contributed by atoms with Crippen LogP contribution in [-0.4, -0.2) is 27.4 Å². The lowest BCUT2D eigenvalue weighted by atomic mass is 10.1. The van der Waals surface area contributed by atoms with Gasteiger partial charge in [0.2, 0.25) is 0 Å². The van der Waals surface area contributed by atoms with Crippen molar-refractivity contribution in [2.75, 3.05) is 6.61 Å². The van der Waals surface area contributed by atoms with E-state index in [1.807, 2.05) is 51.1 Å². The molecule has 1 N–H and O–H groups in total. The van der Waals surface area contributed by atoms with Crippen molar-refractivity contribution in [3.8, 4) is 5.75 Å². The fraction of sp³-hybridized carbons (Fsp3) is 0.300. The quantitative estimate of drug-likeness (QED) is 0.777. The Morgan fingerprint density at radius 1 is 1.16 bits per heavy atom. The maximum absolute atomic E-state index is 12.6. The van der Waals surface area contributed by atoms with E-state index in [4.69, 9.17) is 4.74 Å². The number of hydrogen-bond acceptors (Lipinski definition) is 4. The van der Waals surface area contributed by atoms with Gasteiger partial charge in [-0.25, -0.2) is 4.98 Å². The van der Waals surface area contributed by atoms with Gasteiger partial charge in [0.15, 0.2) is 0 Å². The molecule has 1 aromatic heterocycles. The molecule has 1 heterocycles.